The van der Waals surface area contributed by atoms with Gasteiger partial charge in [0.25, 0.3) is 0 Å². The second kappa shape index (κ2) is 7.09. The van der Waals surface area contributed by atoms with E-state index in [-0.39, 0.29) is 11.6 Å². The molecular formula is C15H17N5O2. The minimum Gasteiger partial charge on any atom is -0.494 e. The van der Waals surface area contributed by atoms with Crippen LogP contribution in [0.1, 0.15) is 20.8 Å². The van der Waals surface area contributed by atoms with Gasteiger partial charge in [-0.3, -0.25) is 10.2 Å². The Morgan fingerprint density at radius 2 is 1.91 bits per heavy atom. The molecule has 0 unspecified atom stereocenters. The summed E-state index contributed by atoms with van der Waals surface area (Å²) in [5, 5.41) is 23.6. The molecule has 0 aliphatic rings. The third-order valence-electron chi connectivity index (χ3n) is 2.64. The van der Waals surface area contributed by atoms with Crippen LogP contribution >= 0.6 is 0 Å². The lowest BCUT2D eigenvalue weighted by molar-refractivity contribution is -0.123. The van der Waals surface area contributed by atoms with Crippen molar-refractivity contribution in [2.24, 2.45) is 10.5 Å². The van der Waals surface area contributed by atoms with Gasteiger partial charge in [0.1, 0.15) is 17.9 Å². The summed E-state index contributed by atoms with van der Waals surface area (Å²) < 4.78 is 5.23. The van der Waals surface area contributed by atoms with E-state index < -0.39 is 5.41 Å². The minimum absolute atomic E-state index is 0.138. The van der Waals surface area contributed by atoms with Gasteiger partial charge in [-0.25, -0.2) is 0 Å². The van der Waals surface area contributed by atoms with E-state index in [0.717, 1.165) is 0 Å². The molecule has 0 atom stereocenters. The van der Waals surface area contributed by atoms with Crippen molar-refractivity contribution < 1.29 is 9.53 Å². The average molecular weight is 299 g/mol. The summed E-state index contributed by atoms with van der Waals surface area (Å²) in [6.45, 7) is 5.43. The van der Waals surface area contributed by atoms with Gasteiger partial charge in [0.2, 0.25) is 11.6 Å². The van der Waals surface area contributed by atoms with Crippen molar-refractivity contribution in [1.82, 2.24) is 0 Å². The first-order valence-corrected chi connectivity index (χ1v) is 6.45. The van der Waals surface area contributed by atoms with Gasteiger partial charge in [-0.05, 0) is 12.1 Å². The van der Waals surface area contributed by atoms with Crippen LogP contribution in [0.25, 0.3) is 0 Å². The number of rotatable bonds is 4. The maximum Gasteiger partial charge on any atom is 0.237 e. The van der Waals surface area contributed by atoms with Gasteiger partial charge >= 0.3 is 0 Å². The fourth-order valence-electron chi connectivity index (χ4n) is 1.37. The number of hydrogen-bond donors (Lipinski definition) is 2. The fraction of sp³-hybridized carbons (Fsp3) is 0.333. The molecule has 1 aromatic rings. The number of nitrogens with zero attached hydrogens (tertiary/aromatic N) is 3. The Morgan fingerprint density at radius 1 is 1.27 bits per heavy atom. The van der Waals surface area contributed by atoms with Crippen LogP contribution in [0.15, 0.2) is 23.3 Å². The number of ether oxygens (including phenoxy) is 1. The fourth-order valence-corrected chi connectivity index (χ4v) is 1.37. The van der Waals surface area contributed by atoms with Gasteiger partial charge in [0, 0.05) is 11.5 Å². The number of anilines is 2. The Morgan fingerprint density at radius 3 is 2.41 bits per heavy atom. The molecule has 2 N–H and O–H groups in total. The van der Waals surface area contributed by atoms with Crippen molar-refractivity contribution in [1.29, 1.82) is 10.5 Å². The third-order valence-corrected chi connectivity index (χ3v) is 2.64. The van der Waals surface area contributed by atoms with E-state index in [1.165, 1.54) is 7.11 Å². The van der Waals surface area contributed by atoms with Crippen LogP contribution in [0.2, 0.25) is 0 Å². The SMILES string of the molecule is COc1cc(NN=C(C#N)C#N)ccc1NC(=O)C(C)(C)C. The first-order valence-electron chi connectivity index (χ1n) is 6.45. The number of methoxy groups -OCH3 is 1. The molecule has 0 aromatic heterocycles. The highest BCUT2D eigenvalue weighted by atomic mass is 16.5. The number of carbonyl (C=O) groups excluding carboxylic acids is 1. The molecule has 0 aliphatic carbocycles. The van der Waals surface area contributed by atoms with Crippen LogP contribution in [0.5, 0.6) is 5.75 Å². The average Bonchev–Trinajstić information content (AvgIpc) is 2.48. The smallest absolute Gasteiger partial charge is 0.237 e. The molecule has 0 spiro atoms. The van der Waals surface area contributed by atoms with Crippen molar-refractivity contribution in [3.05, 3.63) is 18.2 Å². The maximum absolute atomic E-state index is 12.0. The molecule has 0 fully saturated rings. The van der Waals surface area contributed by atoms with Crippen LogP contribution in [-0.4, -0.2) is 18.7 Å². The van der Waals surface area contributed by atoms with Crippen molar-refractivity contribution in [2.45, 2.75) is 20.8 Å². The molecule has 1 rings (SSSR count). The Bertz CT molecular complexity index is 659. The maximum atomic E-state index is 12.0. The van der Waals surface area contributed by atoms with Gasteiger partial charge in [-0.2, -0.15) is 15.6 Å². The molecule has 1 aromatic carbocycles. The first-order chi connectivity index (χ1) is 10.3. The number of benzene rings is 1. The molecule has 114 valence electrons. The van der Waals surface area contributed by atoms with Crippen LogP contribution in [0.4, 0.5) is 11.4 Å². The zero-order valence-corrected chi connectivity index (χ0v) is 12.9. The van der Waals surface area contributed by atoms with Gasteiger partial charge in [0.05, 0.1) is 18.5 Å². The molecule has 0 radical (unpaired) electrons. The third kappa shape index (κ3) is 4.50. The first kappa shape index (κ1) is 17.0. The number of nitrogens with one attached hydrogen (secondary N) is 2. The summed E-state index contributed by atoms with van der Waals surface area (Å²) >= 11 is 0. The summed E-state index contributed by atoms with van der Waals surface area (Å²) in [4.78, 5) is 12.0. The Hall–Kier alpha value is -3.06. The van der Waals surface area contributed by atoms with Gasteiger partial charge in [-0.1, -0.05) is 20.8 Å². The van der Waals surface area contributed by atoms with E-state index in [4.69, 9.17) is 15.3 Å². The lowest BCUT2D eigenvalue weighted by Crippen LogP contribution is -2.27. The Labute approximate surface area is 129 Å². The van der Waals surface area contributed by atoms with Crippen molar-refractivity contribution >= 4 is 23.0 Å². The topological polar surface area (TPSA) is 110 Å². The molecule has 7 heteroatoms. The standard InChI is InChI=1S/C15H17N5O2/c1-15(2,3)14(21)18-12-6-5-10(7-13(12)22-4)19-20-11(8-16)9-17/h5-7,19H,1-4H3,(H,18,21). The minimum atomic E-state index is -0.527. The van der Waals surface area contributed by atoms with E-state index in [0.29, 0.717) is 17.1 Å². The van der Waals surface area contributed by atoms with Crippen LogP contribution in [0.3, 0.4) is 0 Å². The second-order valence-electron chi connectivity index (χ2n) is 5.42. The predicted octanol–water partition coefficient (Wildman–Crippen LogP) is 2.49. The van der Waals surface area contributed by atoms with E-state index >= 15 is 0 Å². The van der Waals surface area contributed by atoms with E-state index in [2.05, 4.69) is 15.8 Å². The summed E-state index contributed by atoms with van der Waals surface area (Å²) in [6, 6.07) is 8.19. The van der Waals surface area contributed by atoms with Gasteiger partial charge in [0.15, 0.2) is 0 Å². The summed E-state index contributed by atoms with van der Waals surface area (Å²) in [5.74, 6) is 0.300. The molecule has 0 heterocycles. The molecule has 22 heavy (non-hydrogen) atoms. The van der Waals surface area contributed by atoms with Gasteiger partial charge in [-0.15, -0.1) is 0 Å². The molecule has 0 saturated heterocycles. The molecule has 0 aliphatic heterocycles. The largest absolute Gasteiger partial charge is 0.494 e. The van der Waals surface area contributed by atoms with Crippen molar-refractivity contribution in [3.63, 3.8) is 0 Å². The van der Waals surface area contributed by atoms with Crippen molar-refractivity contribution in [2.75, 3.05) is 17.9 Å². The summed E-state index contributed by atoms with van der Waals surface area (Å²) in [6.07, 6.45) is 0. The van der Waals surface area contributed by atoms with Crippen molar-refractivity contribution in [3.8, 4) is 17.9 Å². The zero-order valence-electron chi connectivity index (χ0n) is 12.9. The van der Waals surface area contributed by atoms with Crippen LogP contribution in [-0.2, 0) is 4.79 Å². The predicted molar refractivity (Wildman–Crippen MR) is 83.4 cm³/mol. The second-order valence-corrected chi connectivity index (χ2v) is 5.42. The van der Waals surface area contributed by atoms with Crippen LogP contribution < -0.4 is 15.5 Å². The highest BCUT2D eigenvalue weighted by Crippen LogP contribution is 2.29. The highest BCUT2D eigenvalue weighted by Gasteiger charge is 2.22. The Kier molecular flexibility index (Phi) is 5.48. The van der Waals surface area contributed by atoms with Crippen LogP contribution in [0, 0.1) is 28.1 Å². The number of nitriles is 2. The summed E-state index contributed by atoms with van der Waals surface area (Å²) in [5.41, 5.74) is 2.81. The molecule has 0 saturated carbocycles. The molecule has 0 bridgehead atoms. The molecule has 1 amide bonds. The summed E-state index contributed by atoms with van der Waals surface area (Å²) in [7, 11) is 1.48. The van der Waals surface area contributed by atoms with E-state index in [9.17, 15) is 4.79 Å². The lowest BCUT2D eigenvalue weighted by Gasteiger charge is -2.19. The monoisotopic (exact) mass is 299 g/mol. The normalized spacial score (nSPS) is 9.91. The Balaban J connectivity index is 2.98. The molecule has 7 nitrogen and oxygen atoms in total. The van der Waals surface area contributed by atoms with E-state index in [1.807, 2.05) is 20.8 Å². The number of amides is 1. The van der Waals surface area contributed by atoms with Gasteiger partial charge < -0.3 is 10.1 Å². The molecular weight excluding hydrogens is 282 g/mol. The number of carbonyl (C=O) groups is 1. The van der Waals surface area contributed by atoms with E-state index in [1.54, 1.807) is 30.3 Å². The highest BCUT2D eigenvalue weighted by molar-refractivity contribution is 6.10. The lowest BCUT2D eigenvalue weighted by atomic mass is 9.95. The number of hydrogen-bond acceptors (Lipinski definition) is 6. The quantitative estimate of drug-likeness (QED) is 0.655. The zero-order chi connectivity index (χ0) is 16.8. The number of hydrazone groups is 1.